The molecule has 2 rings (SSSR count). The van der Waals surface area contributed by atoms with E-state index in [1.807, 2.05) is 13.8 Å². The molecular formula is C13H13BrF3NO. The van der Waals surface area contributed by atoms with Crippen molar-refractivity contribution in [3.8, 4) is 0 Å². The lowest BCUT2D eigenvalue weighted by Gasteiger charge is -2.39. The van der Waals surface area contributed by atoms with E-state index in [4.69, 9.17) is 0 Å². The minimum Gasteiger partial charge on any atom is -0.304 e. The molecule has 0 fully saturated rings. The van der Waals surface area contributed by atoms with Crippen LogP contribution in [0.5, 0.6) is 0 Å². The predicted molar refractivity (Wildman–Crippen MR) is 70.2 cm³/mol. The Labute approximate surface area is 117 Å². The zero-order chi connectivity index (χ0) is 14.4. The van der Waals surface area contributed by atoms with Crippen LogP contribution in [0.2, 0.25) is 0 Å². The fraction of sp³-hybridized carbons (Fsp3) is 0.462. The molecule has 0 unspecified atom stereocenters. The number of halogens is 4. The van der Waals surface area contributed by atoms with E-state index >= 15 is 0 Å². The zero-order valence-electron chi connectivity index (χ0n) is 10.5. The lowest BCUT2D eigenvalue weighted by molar-refractivity contribution is -0.170. The van der Waals surface area contributed by atoms with Crippen LogP contribution in [0.15, 0.2) is 22.7 Å². The highest BCUT2D eigenvalue weighted by molar-refractivity contribution is 9.10. The molecule has 2 nitrogen and oxygen atoms in total. The largest absolute Gasteiger partial charge is 0.471 e. The first-order valence-electron chi connectivity index (χ1n) is 5.82. The summed E-state index contributed by atoms with van der Waals surface area (Å²) < 4.78 is 38.5. The summed E-state index contributed by atoms with van der Waals surface area (Å²) in [5.74, 6) is -1.80. The molecule has 104 valence electrons. The van der Waals surface area contributed by atoms with E-state index < -0.39 is 12.1 Å². The summed E-state index contributed by atoms with van der Waals surface area (Å²) >= 11 is 3.24. The lowest BCUT2D eigenvalue weighted by Crippen LogP contribution is -2.46. The van der Waals surface area contributed by atoms with E-state index in [0.717, 1.165) is 10.5 Å². The first-order valence-corrected chi connectivity index (χ1v) is 6.61. The number of anilines is 1. The van der Waals surface area contributed by atoms with E-state index in [1.165, 1.54) is 0 Å². The van der Waals surface area contributed by atoms with Gasteiger partial charge in [0, 0.05) is 16.7 Å². The van der Waals surface area contributed by atoms with Crippen LogP contribution >= 0.6 is 15.9 Å². The van der Waals surface area contributed by atoms with Crippen molar-refractivity contribution in [3.63, 3.8) is 0 Å². The molecule has 0 spiro atoms. The molecule has 0 atom stereocenters. The van der Waals surface area contributed by atoms with Gasteiger partial charge in [-0.1, -0.05) is 35.8 Å². The summed E-state index contributed by atoms with van der Waals surface area (Å²) in [5, 5.41) is 0. The average Bonchev–Trinajstić information content (AvgIpc) is 2.26. The molecule has 0 saturated heterocycles. The number of carbonyl (C=O) groups excluding carboxylic acids is 1. The molecule has 1 aromatic rings. The SMILES string of the molecule is CC1(C)CCN(C(=O)C(F)(F)F)c2cc(Br)ccc21. The van der Waals surface area contributed by atoms with Gasteiger partial charge in [-0.3, -0.25) is 4.79 Å². The number of rotatable bonds is 0. The Morgan fingerprint density at radius 2 is 2.00 bits per heavy atom. The minimum absolute atomic E-state index is 0.0782. The van der Waals surface area contributed by atoms with E-state index in [-0.39, 0.29) is 12.0 Å². The highest BCUT2D eigenvalue weighted by Crippen LogP contribution is 2.42. The van der Waals surface area contributed by atoms with Crippen LogP contribution in [0.3, 0.4) is 0 Å². The van der Waals surface area contributed by atoms with Gasteiger partial charge >= 0.3 is 12.1 Å². The Bertz CT molecular complexity index is 525. The fourth-order valence-electron chi connectivity index (χ4n) is 2.31. The predicted octanol–water partition coefficient (Wildman–Crippen LogP) is 4.03. The highest BCUT2D eigenvalue weighted by atomic mass is 79.9. The molecule has 19 heavy (non-hydrogen) atoms. The summed E-state index contributed by atoms with van der Waals surface area (Å²) in [6, 6.07) is 5.12. The molecule has 1 heterocycles. The number of hydrogen-bond acceptors (Lipinski definition) is 1. The maximum atomic E-state index is 12.6. The van der Waals surface area contributed by atoms with Crippen LogP contribution in [-0.2, 0) is 10.2 Å². The standard InChI is InChI=1S/C13H13BrF3NO/c1-12(2)5-6-18(11(19)13(15,16)17)10-7-8(14)3-4-9(10)12/h3-4,7H,5-6H2,1-2H3. The second-order valence-electron chi connectivity index (χ2n) is 5.25. The van der Waals surface area contributed by atoms with Gasteiger partial charge in [0.05, 0.1) is 0 Å². The van der Waals surface area contributed by atoms with Crippen molar-refractivity contribution < 1.29 is 18.0 Å². The number of carbonyl (C=O) groups is 1. The van der Waals surface area contributed by atoms with Gasteiger partial charge in [-0.15, -0.1) is 0 Å². The van der Waals surface area contributed by atoms with Crippen LogP contribution < -0.4 is 4.90 Å². The Balaban J connectivity index is 2.52. The number of hydrogen-bond donors (Lipinski definition) is 0. The van der Waals surface area contributed by atoms with E-state index in [0.29, 0.717) is 16.6 Å². The summed E-state index contributed by atoms with van der Waals surface area (Å²) in [6.07, 6.45) is -4.34. The van der Waals surface area contributed by atoms with Gasteiger partial charge in [0.25, 0.3) is 0 Å². The van der Waals surface area contributed by atoms with Crippen LogP contribution in [0.25, 0.3) is 0 Å². The summed E-state index contributed by atoms with van der Waals surface area (Å²) in [5.41, 5.74) is 0.866. The van der Waals surface area contributed by atoms with E-state index in [2.05, 4.69) is 15.9 Å². The number of fused-ring (bicyclic) bond motifs is 1. The van der Waals surface area contributed by atoms with Crippen LogP contribution in [-0.4, -0.2) is 18.6 Å². The zero-order valence-corrected chi connectivity index (χ0v) is 12.1. The van der Waals surface area contributed by atoms with Crippen molar-refractivity contribution in [2.24, 2.45) is 0 Å². The molecule has 0 radical (unpaired) electrons. The van der Waals surface area contributed by atoms with Gasteiger partial charge in [0.2, 0.25) is 0 Å². The molecule has 6 heteroatoms. The van der Waals surface area contributed by atoms with Crippen molar-refractivity contribution in [2.75, 3.05) is 11.4 Å². The van der Waals surface area contributed by atoms with Gasteiger partial charge in [0.15, 0.2) is 0 Å². The third kappa shape index (κ3) is 2.63. The summed E-state index contributed by atoms with van der Waals surface area (Å²) in [7, 11) is 0. The number of benzene rings is 1. The molecule has 0 N–H and O–H groups in total. The second kappa shape index (κ2) is 4.51. The monoisotopic (exact) mass is 335 g/mol. The molecule has 0 aromatic heterocycles. The molecular weight excluding hydrogens is 323 g/mol. The lowest BCUT2D eigenvalue weighted by atomic mass is 9.77. The van der Waals surface area contributed by atoms with Crippen molar-refractivity contribution >= 4 is 27.5 Å². The molecule has 1 aromatic carbocycles. The van der Waals surface area contributed by atoms with E-state index in [1.54, 1.807) is 18.2 Å². The Kier molecular flexibility index (Phi) is 3.41. The molecule has 0 saturated carbocycles. The number of amides is 1. The first-order chi connectivity index (χ1) is 8.63. The van der Waals surface area contributed by atoms with Crippen LogP contribution in [0.4, 0.5) is 18.9 Å². The molecule has 0 bridgehead atoms. The Morgan fingerprint density at radius 3 is 2.58 bits per heavy atom. The van der Waals surface area contributed by atoms with Crippen LogP contribution in [0, 0.1) is 0 Å². The highest BCUT2D eigenvalue weighted by Gasteiger charge is 2.46. The van der Waals surface area contributed by atoms with Crippen molar-refractivity contribution in [1.82, 2.24) is 0 Å². The van der Waals surface area contributed by atoms with Crippen molar-refractivity contribution in [3.05, 3.63) is 28.2 Å². The third-order valence-electron chi connectivity index (χ3n) is 3.43. The average molecular weight is 336 g/mol. The molecule has 1 aliphatic rings. The molecule has 1 aliphatic heterocycles. The van der Waals surface area contributed by atoms with Gasteiger partial charge in [0.1, 0.15) is 0 Å². The van der Waals surface area contributed by atoms with Gasteiger partial charge in [-0.25, -0.2) is 0 Å². The van der Waals surface area contributed by atoms with Gasteiger partial charge in [-0.2, -0.15) is 13.2 Å². The minimum atomic E-state index is -4.85. The second-order valence-corrected chi connectivity index (χ2v) is 6.17. The van der Waals surface area contributed by atoms with Gasteiger partial charge < -0.3 is 4.90 Å². The Hall–Kier alpha value is -1.04. The molecule has 1 amide bonds. The van der Waals surface area contributed by atoms with Crippen molar-refractivity contribution in [2.45, 2.75) is 31.9 Å². The topological polar surface area (TPSA) is 20.3 Å². The smallest absolute Gasteiger partial charge is 0.304 e. The molecule has 0 aliphatic carbocycles. The number of nitrogens with zero attached hydrogens (tertiary/aromatic N) is 1. The fourth-order valence-corrected chi connectivity index (χ4v) is 2.66. The number of alkyl halides is 3. The van der Waals surface area contributed by atoms with E-state index in [9.17, 15) is 18.0 Å². The quantitative estimate of drug-likeness (QED) is 0.701. The maximum absolute atomic E-state index is 12.6. The van der Waals surface area contributed by atoms with Gasteiger partial charge in [-0.05, 0) is 29.5 Å². The van der Waals surface area contributed by atoms with Crippen LogP contribution in [0.1, 0.15) is 25.8 Å². The normalized spacial score (nSPS) is 18.1. The summed E-state index contributed by atoms with van der Waals surface area (Å²) in [6.45, 7) is 4.01. The third-order valence-corrected chi connectivity index (χ3v) is 3.92. The Morgan fingerprint density at radius 1 is 1.37 bits per heavy atom. The first kappa shape index (κ1) is 14.4. The summed E-state index contributed by atoms with van der Waals surface area (Å²) in [4.78, 5) is 12.3. The maximum Gasteiger partial charge on any atom is 0.471 e. The van der Waals surface area contributed by atoms with Crippen molar-refractivity contribution in [1.29, 1.82) is 0 Å².